The SMILES string of the molecule is CCCCCC(N)N.O=C[C@H](O)[C@@H](O)[C@H](O)[C@H](O)CO. The highest BCUT2D eigenvalue weighted by Crippen LogP contribution is 2.03. The fourth-order valence-corrected chi connectivity index (χ4v) is 1.25. The van der Waals surface area contributed by atoms with Gasteiger partial charge in [0.25, 0.3) is 0 Å². The predicted octanol–water partition coefficient (Wildman–Crippen LogP) is -2.57. The number of nitrogens with two attached hydrogens (primary N) is 2. The van der Waals surface area contributed by atoms with Gasteiger partial charge in [-0.15, -0.1) is 0 Å². The normalized spacial score (nSPS) is 16.9. The molecule has 8 nitrogen and oxygen atoms in total. The molecule has 122 valence electrons. The number of aliphatic hydroxyl groups is 5. The van der Waals surface area contributed by atoms with Crippen molar-refractivity contribution in [2.24, 2.45) is 11.5 Å². The van der Waals surface area contributed by atoms with Gasteiger partial charge in [-0.25, -0.2) is 0 Å². The summed E-state index contributed by atoms with van der Waals surface area (Å²) in [6.45, 7) is 1.41. The van der Waals surface area contributed by atoms with Crippen molar-refractivity contribution >= 4 is 6.29 Å². The molecule has 4 atom stereocenters. The van der Waals surface area contributed by atoms with Gasteiger partial charge in [0.15, 0.2) is 6.29 Å². The lowest BCUT2D eigenvalue weighted by Gasteiger charge is -2.22. The molecule has 8 heteroatoms. The second-order valence-electron chi connectivity index (χ2n) is 4.52. The van der Waals surface area contributed by atoms with Crippen molar-refractivity contribution in [2.75, 3.05) is 6.61 Å². The van der Waals surface area contributed by atoms with E-state index in [0.29, 0.717) is 0 Å². The topological polar surface area (TPSA) is 170 Å². The zero-order chi connectivity index (χ0) is 16.1. The maximum absolute atomic E-state index is 9.90. The van der Waals surface area contributed by atoms with Crippen LogP contribution < -0.4 is 11.5 Å². The van der Waals surface area contributed by atoms with E-state index in [-0.39, 0.29) is 12.5 Å². The van der Waals surface area contributed by atoms with E-state index < -0.39 is 31.0 Å². The van der Waals surface area contributed by atoms with Crippen molar-refractivity contribution in [1.29, 1.82) is 0 Å². The molecule has 0 saturated heterocycles. The summed E-state index contributed by atoms with van der Waals surface area (Å²) in [4.78, 5) is 9.90. The standard InChI is InChI=1S/C6H16N2.C6H12O6/c1-2-3-4-5-6(7)8;7-1-3(9)5(11)6(12)4(10)2-8/h6H,2-5,7-8H2,1H3;1,3-6,8-12H,2H2/t;3-,4+,5+,6+/m.0/s1. The lowest BCUT2D eigenvalue weighted by molar-refractivity contribution is -0.136. The van der Waals surface area contributed by atoms with Crippen molar-refractivity contribution in [3.63, 3.8) is 0 Å². The van der Waals surface area contributed by atoms with E-state index in [9.17, 15) is 4.79 Å². The molecule has 0 radical (unpaired) electrons. The van der Waals surface area contributed by atoms with Crippen LogP contribution in [0, 0.1) is 0 Å². The van der Waals surface area contributed by atoms with Crippen LogP contribution in [0.2, 0.25) is 0 Å². The number of carbonyl (C=O) groups is 1. The number of aliphatic hydroxyl groups excluding tert-OH is 5. The fraction of sp³-hybridized carbons (Fsp3) is 0.917. The Morgan fingerprint density at radius 3 is 1.95 bits per heavy atom. The molecule has 0 aromatic carbocycles. The summed E-state index contributed by atoms with van der Waals surface area (Å²) in [6, 6.07) is 0. The van der Waals surface area contributed by atoms with Gasteiger partial charge in [0.05, 0.1) is 12.8 Å². The molecule has 0 bridgehead atoms. The van der Waals surface area contributed by atoms with E-state index in [2.05, 4.69) is 6.92 Å². The molecule has 0 heterocycles. The number of carbonyl (C=O) groups excluding carboxylic acids is 1. The molecule has 0 unspecified atom stereocenters. The first-order valence-corrected chi connectivity index (χ1v) is 6.61. The van der Waals surface area contributed by atoms with Gasteiger partial charge in [-0.3, -0.25) is 0 Å². The molecule has 9 N–H and O–H groups in total. The minimum atomic E-state index is -1.79. The van der Waals surface area contributed by atoms with Gasteiger partial charge in [-0.1, -0.05) is 26.2 Å². The van der Waals surface area contributed by atoms with E-state index in [1.807, 2.05) is 0 Å². The molecule has 0 aromatic heterocycles. The van der Waals surface area contributed by atoms with Crippen LogP contribution >= 0.6 is 0 Å². The Hall–Kier alpha value is -0.610. The molecule has 0 aliphatic heterocycles. The van der Waals surface area contributed by atoms with Crippen molar-refractivity contribution in [3.05, 3.63) is 0 Å². The highest BCUT2D eigenvalue weighted by molar-refractivity contribution is 5.56. The summed E-state index contributed by atoms with van der Waals surface area (Å²) in [5.74, 6) is 0. The van der Waals surface area contributed by atoms with Crippen LogP contribution in [0.15, 0.2) is 0 Å². The summed E-state index contributed by atoms with van der Waals surface area (Å²) in [7, 11) is 0. The molecular formula is C12H28N2O6. The maximum Gasteiger partial charge on any atom is 0.151 e. The summed E-state index contributed by atoms with van der Waals surface area (Å²) in [5, 5.41) is 43.5. The largest absolute Gasteiger partial charge is 0.394 e. The third kappa shape index (κ3) is 11.2. The monoisotopic (exact) mass is 296 g/mol. The smallest absolute Gasteiger partial charge is 0.151 e. The van der Waals surface area contributed by atoms with Crippen LogP contribution in [0.3, 0.4) is 0 Å². The van der Waals surface area contributed by atoms with Crippen molar-refractivity contribution in [2.45, 2.75) is 63.2 Å². The summed E-state index contributed by atoms with van der Waals surface area (Å²) >= 11 is 0. The van der Waals surface area contributed by atoms with Crippen molar-refractivity contribution in [1.82, 2.24) is 0 Å². The van der Waals surface area contributed by atoms with Crippen LogP contribution in [0.4, 0.5) is 0 Å². The van der Waals surface area contributed by atoms with Gasteiger partial charge in [-0.2, -0.15) is 0 Å². The molecule has 0 amide bonds. The molecule has 0 fully saturated rings. The number of unbranched alkanes of at least 4 members (excludes halogenated alkanes) is 2. The maximum atomic E-state index is 9.90. The van der Waals surface area contributed by atoms with Crippen LogP contribution in [0.25, 0.3) is 0 Å². The quantitative estimate of drug-likeness (QED) is 0.138. The minimum absolute atomic E-state index is 0.0258. The zero-order valence-corrected chi connectivity index (χ0v) is 11.8. The average Bonchev–Trinajstić information content (AvgIpc) is 2.44. The van der Waals surface area contributed by atoms with Crippen LogP contribution in [-0.4, -0.2) is 69.0 Å². The van der Waals surface area contributed by atoms with Gasteiger partial charge in [-0.05, 0) is 6.42 Å². The van der Waals surface area contributed by atoms with Gasteiger partial charge in [0, 0.05) is 0 Å². The van der Waals surface area contributed by atoms with E-state index >= 15 is 0 Å². The van der Waals surface area contributed by atoms with Gasteiger partial charge in [0.2, 0.25) is 0 Å². The van der Waals surface area contributed by atoms with Crippen molar-refractivity contribution in [3.8, 4) is 0 Å². The van der Waals surface area contributed by atoms with E-state index in [1.165, 1.54) is 19.3 Å². The molecule has 0 aliphatic rings. The Morgan fingerprint density at radius 1 is 1.05 bits per heavy atom. The molecule has 0 saturated carbocycles. The second kappa shape index (κ2) is 13.4. The highest BCUT2D eigenvalue weighted by Gasteiger charge is 2.29. The second-order valence-corrected chi connectivity index (χ2v) is 4.52. The summed E-state index contributed by atoms with van der Waals surface area (Å²) in [5.41, 5.74) is 10.6. The van der Waals surface area contributed by atoms with Crippen molar-refractivity contribution < 1.29 is 30.3 Å². The van der Waals surface area contributed by atoms with E-state index in [1.54, 1.807) is 0 Å². The van der Waals surface area contributed by atoms with Gasteiger partial charge in [0.1, 0.15) is 24.4 Å². The molecule has 0 aromatic rings. The Balaban J connectivity index is 0. The lowest BCUT2D eigenvalue weighted by atomic mass is 10.0. The first kappa shape index (κ1) is 21.7. The minimum Gasteiger partial charge on any atom is -0.394 e. The highest BCUT2D eigenvalue weighted by atomic mass is 16.4. The van der Waals surface area contributed by atoms with Gasteiger partial charge >= 0.3 is 0 Å². The molecule has 0 rings (SSSR count). The van der Waals surface area contributed by atoms with Crippen LogP contribution in [-0.2, 0) is 4.79 Å². The predicted molar refractivity (Wildman–Crippen MR) is 73.5 cm³/mol. The van der Waals surface area contributed by atoms with Crippen LogP contribution in [0.1, 0.15) is 32.6 Å². The number of hydrogen-bond acceptors (Lipinski definition) is 8. The zero-order valence-electron chi connectivity index (χ0n) is 11.8. The number of rotatable bonds is 9. The van der Waals surface area contributed by atoms with E-state index in [0.717, 1.165) is 6.42 Å². The third-order valence-corrected chi connectivity index (χ3v) is 2.56. The van der Waals surface area contributed by atoms with E-state index in [4.69, 9.17) is 37.0 Å². The van der Waals surface area contributed by atoms with Gasteiger partial charge < -0.3 is 41.8 Å². The van der Waals surface area contributed by atoms with Crippen LogP contribution in [0.5, 0.6) is 0 Å². The first-order valence-electron chi connectivity index (χ1n) is 6.61. The summed E-state index contributed by atoms with van der Waals surface area (Å²) in [6.07, 6.45) is -2.30. The molecule has 20 heavy (non-hydrogen) atoms. The Morgan fingerprint density at radius 2 is 1.60 bits per heavy atom. The Labute approximate surface area is 119 Å². The summed E-state index contributed by atoms with van der Waals surface area (Å²) < 4.78 is 0. The number of hydrogen-bond donors (Lipinski definition) is 7. The number of aldehydes is 1. The molecule has 0 aliphatic carbocycles. The third-order valence-electron chi connectivity index (χ3n) is 2.56. The molecule has 0 spiro atoms. The Bertz CT molecular complexity index is 230. The molecular weight excluding hydrogens is 268 g/mol. The fourth-order valence-electron chi connectivity index (χ4n) is 1.25. The average molecular weight is 296 g/mol. The lowest BCUT2D eigenvalue weighted by Crippen LogP contribution is -2.46. The first-order chi connectivity index (χ1) is 9.31. The Kier molecular flexibility index (Phi) is 14.5.